The minimum Gasteiger partial charge on any atom is -0.491 e. The number of benzene rings is 10. The van der Waals surface area contributed by atoms with Crippen LogP contribution in [0, 0.1) is 23.5 Å². The molecule has 0 unspecified atom stereocenters. The topological polar surface area (TPSA) is 71.1 Å². The molecule has 2 aliphatic rings. The summed E-state index contributed by atoms with van der Waals surface area (Å²) in [6, 6.07) is 62.5. The lowest BCUT2D eigenvalue weighted by Crippen LogP contribution is -2.13. The lowest BCUT2D eigenvalue weighted by Gasteiger charge is -2.28. The van der Waals surface area contributed by atoms with Gasteiger partial charge >= 0.3 is 11.9 Å². The molecular formula is C88H92F2O6. The van der Waals surface area contributed by atoms with Gasteiger partial charge in [-0.3, -0.25) is 0 Å². The van der Waals surface area contributed by atoms with Gasteiger partial charge in [0, 0.05) is 11.1 Å². The van der Waals surface area contributed by atoms with Crippen molar-refractivity contribution in [2.24, 2.45) is 11.8 Å². The fraction of sp³-hybridized carbons (Fsp3) is 0.341. The zero-order chi connectivity index (χ0) is 66.3. The Labute approximate surface area is 567 Å². The summed E-state index contributed by atoms with van der Waals surface area (Å²) < 4.78 is 55.7. The van der Waals surface area contributed by atoms with Gasteiger partial charge in [-0.2, -0.15) is 0 Å². The van der Waals surface area contributed by atoms with Crippen LogP contribution in [0.3, 0.4) is 0 Å². The molecule has 494 valence electrons. The van der Waals surface area contributed by atoms with Crippen molar-refractivity contribution >= 4 is 33.5 Å². The summed E-state index contributed by atoms with van der Waals surface area (Å²) in [6.45, 7) is 9.80. The van der Waals surface area contributed by atoms with Gasteiger partial charge in [0.05, 0.1) is 24.3 Å². The van der Waals surface area contributed by atoms with Gasteiger partial charge in [0.15, 0.2) is 23.1 Å². The monoisotopic (exact) mass is 1280 g/mol. The minimum absolute atomic E-state index is 0.218. The summed E-state index contributed by atoms with van der Waals surface area (Å²) in [5, 5.41) is 3.36. The lowest BCUT2D eigenvalue weighted by molar-refractivity contribution is 0.0723. The number of unbranched alkanes of at least 4 members (excludes halogenated alkanes) is 6. The van der Waals surface area contributed by atoms with E-state index in [4.69, 9.17) is 18.9 Å². The SMILES string of the molecule is CCCCCCOc1ccc(-c2ccc(C(=O)Oc3ccc4cc(-c5ccc(C6CCC(CCC)CC6)cc5)ccc4c3-c3c(OC(=O)c4ccc(-c5ccc(OCCCCCC)c(F)c5)cc4)ccc4cc(-c5ccc(C6CCC(CCC)CC6)cc5)ccc34)cc2)cc1F. The van der Waals surface area contributed by atoms with Crippen molar-refractivity contribution in [2.45, 2.75) is 168 Å². The van der Waals surface area contributed by atoms with E-state index in [2.05, 4.69) is 113 Å². The van der Waals surface area contributed by atoms with E-state index in [0.717, 1.165) is 118 Å². The van der Waals surface area contributed by atoms with Crippen molar-refractivity contribution in [3.63, 3.8) is 0 Å². The van der Waals surface area contributed by atoms with Crippen LogP contribution >= 0.6 is 0 Å². The first-order valence-electron chi connectivity index (χ1n) is 35.9. The molecule has 0 spiro atoms. The van der Waals surface area contributed by atoms with Crippen molar-refractivity contribution in [3.8, 4) is 78.6 Å². The third-order valence-electron chi connectivity index (χ3n) is 20.4. The summed E-state index contributed by atoms with van der Waals surface area (Å²) in [5.41, 5.74) is 11.6. The molecule has 12 rings (SSSR count). The Morgan fingerprint density at radius 3 is 1.03 bits per heavy atom. The Balaban J connectivity index is 0.906. The molecule has 0 atom stereocenters. The fourth-order valence-corrected chi connectivity index (χ4v) is 14.9. The molecule has 10 aromatic carbocycles. The van der Waals surface area contributed by atoms with Crippen molar-refractivity contribution in [2.75, 3.05) is 13.2 Å². The molecule has 0 N–H and O–H groups in total. The highest BCUT2D eigenvalue weighted by molar-refractivity contribution is 6.12. The molecule has 10 aromatic rings. The molecule has 2 saturated carbocycles. The minimum atomic E-state index is -0.598. The molecule has 0 heterocycles. The second kappa shape index (κ2) is 32.2. The van der Waals surface area contributed by atoms with Gasteiger partial charge in [0.2, 0.25) is 0 Å². The second-order valence-corrected chi connectivity index (χ2v) is 27.0. The molecule has 0 saturated heterocycles. The average molecular weight is 1280 g/mol. The maximum atomic E-state index is 15.4. The van der Waals surface area contributed by atoms with Crippen molar-refractivity contribution in [1.82, 2.24) is 0 Å². The molecule has 0 radical (unpaired) electrons. The standard InChI is InChI=1S/C88H92F2O6/c1-5-9-11-13-53-93-81-49-43-73(57-79(81)89)67-33-37-69(38-34-67)87(91)95-83-51-45-75-55-71(65-29-25-63(26-30-65)61-21-17-59(15-7-3)18-22-61)41-47-77(75)85(83)86-78-48-42-72(66-31-27-64(28-32-66)62-23-19-60(16-8-4)20-24-62)56-76(78)46-52-84(86)96-88(92)70-39-35-68(36-40-70)74-44-50-82(80(90)58-74)94-54-14-12-10-6-2/h25-52,55-62H,5-24,53-54H2,1-4H3. The van der Waals surface area contributed by atoms with Gasteiger partial charge in [-0.1, -0.05) is 213 Å². The van der Waals surface area contributed by atoms with E-state index in [0.29, 0.717) is 58.4 Å². The third kappa shape index (κ3) is 16.2. The van der Waals surface area contributed by atoms with Crippen LogP contribution in [0.4, 0.5) is 8.78 Å². The van der Waals surface area contributed by atoms with Gasteiger partial charge in [-0.15, -0.1) is 0 Å². The lowest BCUT2D eigenvalue weighted by atomic mass is 9.77. The average Bonchev–Trinajstić information content (AvgIpc) is 0.744. The molecule has 8 heteroatoms. The zero-order valence-electron chi connectivity index (χ0n) is 56.5. The quantitative estimate of drug-likeness (QED) is 0.0290. The van der Waals surface area contributed by atoms with Crippen LogP contribution in [0.15, 0.2) is 194 Å². The molecule has 96 heavy (non-hydrogen) atoms. The van der Waals surface area contributed by atoms with Crippen LogP contribution in [0.1, 0.15) is 200 Å². The van der Waals surface area contributed by atoms with Gasteiger partial charge in [0.1, 0.15) is 11.5 Å². The van der Waals surface area contributed by atoms with E-state index in [1.807, 2.05) is 36.4 Å². The summed E-state index contributed by atoms with van der Waals surface area (Å²) in [5.74, 6) is 1.71. The Morgan fingerprint density at radius 1 is 0.344 bits per heavy atom. The second-order valence-electron chi connectivity index (χ2n) is 27.0. The third-order valence-corrected chi connectivity index (χ3v) is 20.4. The van der Waals surface area contributed by atoms with Crippen LogP contribution in [0.2, 0.25) is 0 Å². The Kier molecular flexibility index (Phi) is 22.5. The molecule has 0 aliphatic heterocycles. The molecule has 2 fully saturated rings. The maximum Gasteiger partial charge on any atom is 0.343 e. The number of fused-ring (bicyclic) bond motifs is 2. The number of rotatable bonds is 27. The van der Waals surface area contributed by atoms with Crippen LogP contribution in [0.25, 0.3) is 77.2 Å². The highest BCUT2D eigenvalue weighted by Gasteiger charge is 2.27. The van der Waals surface area contributed by atoms with E-state index < -0.39 is 23.6 Å². The maximum absolute atomic E-state index is 15.4. The number of esters is 2. The fourth-order valence-electron chi connectivity index (χ4n) is 14.9. The summed E-state index contributed by atoms with van der Waals surface area (Å²) in [7, 11) is 0. The molecule has 2 aliphatic carbocycles. The predicted octanol–water partition coefficient (Wildman–Crippen LogP) is 25.1. The number of carbonyl (C=O) groups excluding carboxylic acids is 2. The molecule has 0 amide bonds. The van der Waals surface area contributed by atoms with Gasteiger partial charge in [0.25, 0.3) is 0 Å². The zero-order valence-corrected chi connectivity index (χ0v) is 56.5. The predicted molar refractivity (Wildman–Crippen MR) is 390 cm³/mol. The summed E-state index contributed by atoms with van der Waals surface area (Å²) in [4.78, 5) is 29.6. The highest BCUT2D eigenvalue weighted by Crippen LogP contribution is 2.48. The van der Waals surface area contributed by atoms with Gasteiger partial charge in [-0.25, -0.2) is 18.4 Å². The van der Waals surface area contributed by atoms with Crippen LogP contribution < -0.4 is 18.9 Å². The van der Waals surface area contributed by atoms with Crippen LogP contribution in [-0.4, -0.2) is 25.2 Å². The van der Waals surface area contributed by atoms with E-state index >= 15 is 8.78 Å². The molecule has 6 nitrogen and oxygen atoms in total. The number of hydrogen-bond donors (Lipinski definition) is 0. The number of halogens is 2. The van der Waals surface area contributed by atoms with Crippen molar-refractivity contribution in [3.05, 3.63) is 228 Å². The molecular weight excluding hydrogens is 1190 g/mol. The largest absolute Gasteiger partial charge is 0.491 e. The Bertz CT molecular complexity index is 3980. The van der Waals surface area contributed by atoms with Crippen LogP contribution in [-0.2, 0) is 0 Å². The van der Waals surface area contributed by atoms with E-state index in [9.17, 15) is 9.59 Å². The van der Waals surface area contributed by atoms with Gasteiger partial charge < -0.3 is 18.9 Å². The van der Waals surface area contributed by atoms with E-state index in [1.165, 1.54) is 100 Å². The molecule has 0 bridgehead atoms. The smallest absolute Gasteiger partial charge is 0.343 e. The number of hydrogen-bond acceptors (Lipinski definition) is 6. The first-order valence-corrected chi connectivity index (χ1v) is 35.9. The highest BCUT2D eigenvalue weighted by atomic mass is 19.1. The Morgan fingerprint density at radius 2 is 0.677 bits per heavy atom. The van der Waals surface area contributed by atoms with Gasteiger partial charge in [-0.05, 0) is 238 Å². The van der Waals surface area contributed by atoms with Crippen LogP contribution in [0.5, 0.6) is 23.0 Å². The first-order chi connectivity index (χ1) is 47.0. The van der Waals surface area contributed by atoms with E-state index in [-0.39, 0.29) is 23.0 Å². The Hall–Kier alpha value is -8.88. The summed E-state index contributed by atoms with van der Waals surface area (Å²) in [6.07, 6.45) is 23.5. The normalized spacial score (nSPS) is 16.4. The summed E-state index contributed by atoms with van der Waals surface area (Å²) >= 11 is 0. The molecule has 0 aromatic heterocycles. The number of ether oxygens (including phenoxy) is 4. The van der Waals surface area contributed by atoms with Crippen molar-refractivity contribution < 1.29 is 37.3 Å². The number of carbonyl (C=O) groups is 2. The first kappa shape index (κ1) is 67.1. The van der Waals surface area contributed by atoms with E-state index in [1.54, 1.807) is 60.7 Å². The van der Waals surface area contributed by atoms with Crippen molar-refractivity contribution in [1.29, 1.82) is 0 Å².